The Balaban J connectivity index is 1.60. The predicted molar refractivity (Wildman–Crippen MR) is 97.6 cm³/mol. The highest BCUT2D eigenvalue weighted by Gasteiger charge is 2.24. The molecule has 1 aliphatic rings. The molecule has 10 heteroatoms. The molecule has 0 saturated carbocycles. The number of hydrogen-bond donors (Lipinski definition) is 0. The highest BCUT2D eigenvalue weighted by atomic mass is 32.2. The lowest BCUT2D eigenvalue weighted by Crippen LogP contribution is -2.51. The smallest absolute Gasteiger partial charge is 0.238 e. The lowest BCUT2D eigenvalue weighted by atomic mass is 10.3. The lowest BCUT2D eigenvalue weighted by molar-refractivity contribution is -0.131. The van der Waals surface area contributed by atoms with Gasteiger partial charge in [0.15, 0.2) is 0 Å². The third-order valence-electron chi connectivity index (χ3n) is 4.39. The second-order valence-electron chi connectivity index (χ2n) is 6.21. The Bertz CT molecular complexity index is 860. The molecule has 1 fully saturated rings. The Morgan fingerprint density at radius 1 is 1.12 bits per heavy atom. The molecule has 1 saturated heterocycles. The van der Waals surface area contributed by atoms with E-state index in [0.717, 1.165) is 22.2 Å². The summed E-state index contributed by atoms with van der Waals surface area (Å²) in [6.07, 6.45) is 6.46. The number of carbonyl (C=O) groups is 1. The summed E-state index contributed by atoms with van der Waals surface area (Å²) in [6, 6.07) is 5.77. The molecule has 0 spiro atoms. The zero-order valence-electron chi connectivity index (χ0n) is 14.8. The fourth-order valence-electron chi connectivity index (χ4n) is 2.73. The molecule has 26 heavy (non-hydrogen) atoms. The van der Waals surface area contributed by atoms with Gasteiger partial charge in [0.25, 0.3) is 0 Å². The Kier molecular flexibility index (Phi) is 5.23. The zero-order valence-corrected chi connectivity index (χ0v) is 15.6. The summed E-state index contributed by atoms with van der Waals surface area (Å²) in [4.78, 5) is 24.7. The summed E-state index contributed by atoms with van der Waals surface area (Å²) >= 11 is 0. The van der Waals surface area contributed by atoms with Crippen LogP contribution in [-0.4, -0.2) is 84.1 Å². The van der Waals surface area contributed by atoms with Crippen LogP contribution in [0.5, 0.6) is 0 Å². The minimum absolute atomic E-state index is 0.135. The van der Waals surface area contributed by atoms with E-state index < -0.39 is 10.0 Å². The van der Waals surface area contributed by atoms with Crippen LogP contribution in [0.15, 0.2) is 36.9 Å². The molecule has 0 N–H and O–H groups in total. The van der Waals surface area contributed by atoms with Crippen LogP contribution < -0.4 is 4.90 Å². The Hall–Kier alpha value is -2.46. The number of hydrogen-bond acceptors (Lipinski definition) is 6. The molecule has 2 aromatic heterocycles. The van der Waals surface area contributed by atoms with Crippen molar-refractivity contribution in [2.45, 2.75) is 0 Å². The van der Waals surface area contributed by atoms with Gasteiger partial charge in [0.1, 0.15) is 18.0 Å². The van der Waals surface area contributed by atoms with E-state index >= 15 is 0 Å². The highest BCUT2D eigenvalue weighted by molar-refractivity contribution is 7.88. The van der Waals surface area contributed by atoms with Crippen LogP contribution >= 0.6 is 0 Å². The summed E-state index contributed by atoms with van der Waals surface area (Å²) in [5.74, 6) is 1.41. The topological polar surface area (TPSA) is 91.6 Å². The van der Waals surface area contributed by atoms with Gasteiger partial charge in [-0.15, -0.1) is 0 Å². The molecule has 0 unspecified atom stereocenters. The van der Waals surface area contributed by atoms with Crippen molar-refractivity contribution in [2.24, 2.45) is 0 Å². The summed E-state index contributed by atoms with van der Waals surface area (Å²) in [5, 5.41) is 0. The van der Waals surface area contributed by atoms with Crippen LogP contribution in [0.25, 0.3) is 5.82 Å². The fourth-order valence-corrected chi connectivity index (χ4v) is 3.08. The second kappa shape index (κ2) is 7.42. The zero-order chi connectivity index (χ0) is 18.7. The molecular formula is C16H22N6O3S. The molecule has 2 aromatic rings. The Morgan fingerprint density at radius 3 is 2.35 bits per heavy atom. The van der Waals surface area contributed by atoms with Crippen LogP contribution in [-0.2, 0) is 14.8 Å². The molecule has 0 bridgehead atoms. The minimum atomic E-state index is -3.36. The standard InChI is InChI=1S/C16H22N6O3S/c1-19(26(2,24)25)12-16(23)22-9-7-21(8-10-22)15-11-14(17-13-18-15)20-5-3-4-6-20/h3-6,11,13H,7-10,12H2,1-2H3. The maximum absolute atomic E-state index is 12.3. The van der Waals surface area contributed by atoms with E-state index in [1.54, 1.807) is 4.90 Å². The SMILES string of the molecule is CN(CC(=O)N1CCN(c2cc(-n3cccc3)ncn2)CC1)S(C)(=O)=O. The maximum atomic E-state index is 12.3. The highest BCUT2D eigenvalue weighted by Crippen LogP contribution is 2.16. The number of sulfonamides is 1. The van der Waals surface area contributed by atoms with E-state index in [9.17, 15) is 13.2 Å². The van der Waals surface area contributed by atoms with E-state index in [1.807, 2.05) is 35.2 Å². The minimum Gasteiger partial charge on any atom is -0.353 e. The Morgan fingerprint density at radius 2 is 1.73 bits per heavy atom. The first kappa shape index (κ1) is 18.3. The van der Waals surface area contributed by atoms with Crippen LogP contribution in [0.3, 0.4) is 0 Å². The molecule has 140 valence electrons. The molecular weight excluding hydrogens is 356 g/mol. The maximum Gasteiger partial charge on any atom is 0.238 e. The van der Waals surface area contributed by atoms with Gasteiger partial charge >= 0.3 is 0 Å². The van der Waals surface area contributed by atoms with Gasteiger partial charge in [0.05, 0.1) is 12.8 Å². The monoisotopic (exact) mass is 378 g/mol. The van der Waals surface area contributed by atoms with Gasteiger partial charge in [-0.25, -0.2) is 18.4 Å². The number of anilines is 1. The van der Waals surface area contributed by atoms with Crippen LogP contribution in [0, 0.1) is 0 Å². The van der Waals surface area contributed by atoms with Gasteiger partial charge in [-0.1, -0.05) is 0 Å². The van der Waals surface area contributed by atoms with Crippen molar-refractivity contribution in [3.8, 4) is 5.82 Å². The fraction of sp³-hybridized carbons (Fsp3) is 0.438. The van der Waals surface area contributed by atoms with Gasteiger partial charge in [-0.05, 0) is 12.1 Å². The summed E-state index contributed by atoms with van der Waals surface area (Å²) < 4.78 is 25.9. The first-order valence-corrected chi connectivity index (χ1v) is 10.1. The number of rotatable bonds is 5. The molecule has 3 heterocycles. The van der Waals surface area contributed by atoms with Crippen molar-refractivity contribution in [3.63, 3.8) is 0 Å². The van der Waals surface area contributed by atoms with Crippen molar-refractivity contribution in [2.75, 3.05) is 50.9 Å². The first-order valence-electron chi connectivity index (χ1n) is 8.24. The number of piperazine rings is 1. The largest absolute Gasteiger partial charge is 0.353 e. The van der Waals surface area contributed by atoms with Crippen LogP contribution in [0.2, 0.25) is 0 Å². The van der Waals surface area contributed by atoms with Gasteiger partial charge in [-0.3, -0.25) is 4.79 Å². The average molecular weight is 378 g/mol. The number of likely N-dealkylation sites (N-methyl/N-ethyl adjacent to an activating group) is 1. The predicted octanol–water partition coefficient (Wildman–Crippen LogP) is -0.193. The quantitative estimate of drug-likeness (QED) is 0.716. The molecule has 9 nitrogen and oxygen atoms in total. The van der Waals surface area contributed by atoms with E-state index in [-0.39, 0.29) is 12.5 Å². The van der Waals surface area contributed by atoms with Crippen molar-refractivity contribution in [3.05, 3.63) is 36.9 Å². The van der Waals surface area contributed by atoms with E-state index in [0.29, 0.717) is 26.2 Å². The molecule has 0 radical (unpaired) electrons. The van der Waals surface area contributed by atoms with Gasteiger partial charge in [-0.2, -0.15) is 4.31 Å². The number of nitrogens with zero attached hydrogens (tertiary/aromatic N) is 6. The Labute approximate surface area is 152 Å². The van der Waals surface area contributed by atoms with Gasteiger partial charge < -0.3 is 14.4 Å². The van der Waals surface area contributed by atoms with Gasteiger partial charge in [0.2, 0.25) is 15.9 Å². The van der Waals surface area contributed by atoms with E-state index in [2.05, 4.69) is 14.9 Å². The number of aromatic nitrogens is 3. The van der Waals surface area contributed by atoms with Crippen molar-refractivity contribution in [1.82, 2.24) is 23.7 Å². The summed E-state index contributed by atoms with van der Waals surface area (Å²) in [6.45, 7) is 2.19. The molecule has 3 rings (SSSR count). The summed E-state index contributed by atoms with van der Waals surface area (Å²) in [5.41, 5.74) is 0. The van der Waals surface area contributed by atoms with Crippen molar-refractivity contribution < 1.29 is 13.2 Å². The molecule has 0 atom stereocenters. The lowest BCUT2D eigenvalue weighted by Gasteiger charge is -2.36. The number of carbonyl (C=O) groups excluding carboxylic acids is 1. The third-order valence-corrected chi connectivity index (χ3v) is 5.65. The third kappa shape index (κ3) is 4.20. The van der Waals surface area contributed by atoms with Crippen molar-refractivity contribution in [1.29, 1.82) is 0 Å². The van der Waals surface area contributed by atoms with E-state index in [4.69, 9.17) is 0 Å². The summed E-state index contributed by atoms with van der Waals surface area (Å²) in [7, 11) is -1.95. The average Bonchev–Trinajstić information content (AvgIpc) is 3.16. The van der Waals surface area contributed by atoms with E-state index in [1.165, 1.54) is 13.4 Å². The molecule has 1 amide bonds. The van der Waals surface area contributed by atoms with Crippen LogP contribution in [0.4, 0.5) is 5.82 Å². The van der Waals surface area contributed by atoms with Gasteiger partial charge in [0, 0.05) is 51.7 Å². The normalized spacial score (nSPS) is 15.5. The molecule has 0 aromatic carbocycles. The second-order valence-corrected chi connectivity index (χ2v) is 8.30. The molecule has 1 aliphatic heterocycles. The first-order chi connectivity index (χ1) is 12.3. The molecule has 0 aliphatic carbocycles. The number of amides is 1. The van der Waals surface area contributed by atoms with Crippen LogP contribution in [0.1, 0.15) is 0 Å². The van der Waals surface area contributed by atoms with Crippen molar-refractivity contribution >= 4 is 21.7 Å².